The van der Waals surface area contributed by atoms with E-state index in [1.807, 2.05) is 0 Å². The first-order chi connectivity index (χ1) is 11.1. The number of aliphatic carboxylic acids is 1. The van der Waals surface area contributed by atoms with E-state index in [2.05, 4.69) is 0 Å². The standard InChI is InChI=1S/C12H22O12.Na/c13-1-3(15)10(7(18)8(19)11(21)22)24-12-9(20)6(17)5(16)4(2-14)23-12;/h3-10,12-20H,1-2H2,(H,21,22);/q;+1/p-1/t3-,4-,5+,6+,7-,8-,9-,10-,12+;/m1./s1. The van der Waals surface area contributed by atoms with Gasteiger partial charge in [0.25, 0.3) is 0 Å². The van der Waals surface area contributed by atoms with Crippen LogP contribution >= 0.6 is 0 Å². The molecule has 0 radical (unpaired) electrons. The maximum Gasteiger partial charge on any atom is 1.00 e. The summed E-state index contributed by atoms with van der Waals surface area (Å²) >= 11 is 0. The maximum absolute atomic E-state index is 10.6. The van der Waals surface area contributed by atoms with Gasteiger partial charge < -0.3 is 60.2 Å². The monoisotopic (exact) mass is 380 g/mol. The fourth-order valence-corrected chi connectivity index (χ4v) is 2.16. The smallest absolute Gasteiger partial charge is 0.547 e. The van der Waals surface area contributed by atoms with Crippen molar-refractivity contribution in [3.63, 3.8) is 0 Å². The van der Waals surface area contributed by atoms with Gasteiger partial charge in [0, 0.05) is 0 Å². The quantitative estimate of drug-likeness (QED) is 0.184. The van der Waals surface area contributed by atoms with E-state index in [4.69, 9.17) is 19.7 Å². The number of ether oxygens (including phenoxy) is 2. The summed E-state index contributed by atoms with van der Waals surface area (Å²) in [5.74, 6) is -2.09. The molecule has 0 amide bonds. The Bertz CT molecular complexity index is 410. The van der Waals surface area contributed by atoms with Crippen molar-refractivity contribution in [1.29, 1.82) is 0 Å². The minimum absolute atomic E-state index is 0. The number of carbonyl (C=O) groups excluding carboxylic acids is 1. The third-order valence-corrected chi connectivity index (χ3v) is 3.61. The Morgan fingerprint density at radius 1 is 1.08 bits per heavy atom. The van der Waals surface area contributed by atoms with Crippen LogP contribution in [0.1, 0.15) is 0 Å². The molecule has 25 heavy (non-hydrogen) atoms. The first-order valence-electron chi connectivity index (χ1n) is 6.97. The molecule has 1 aliphatic heterocycles. The first kappa shape index (κ1) is 25.1. The number of carboxylic acids is 1. The number of hydrogen-bond acceptors (Lipinski definition) is 12. The topological polar surface area (TPSA) is 220 Å². The predicted molar refractivity (Wildman–Crippen MR) is 68.8 cm³/mol. The Morgan fingerprint density at radius 2 is 1.64 bits per heavy atom. The molecule has 12 nitrogen and oxygen atoms in total. The summed E-state index contributed by atoms with van der Waals surface area (Å²) in [6.07, 6.45) is -17.3. The largest absolute Gasteiger partial charge is 1.00 e. The molecule has 1 aliphatic rings. The van der Waals surface area contributed by atoms with Gasteiger partial charge in [-0.1, -0.05) is 0 Å². The molecule has 0 unspecified atom stereocenters. The van der Waals surface area contributed by atoms with E-state index in [1.165, 1.54) is 0 Å². The Morgan fingerprint density at radius 3 is 2.08 bits per heavy atom. The van der Waals surface area contributed by atoms with Crippen molar-refractivity contribution < 1.29 is 89.8 Å². The second-order valence-electron chi connectivity index (χ2n) is 5.30. The normalized spacial score (nSPS) is 34.5. The van der Waals surface area contributed by atoms with Gasteiger partial charge in [0.2, 0.25) is 0 Å². The molecule has 142 valence electrons. The molecule has 0 aromatic carbocycles. The van der Waals surface area contributed by atoms with Crippen LogP contribution in [0.2, 0.25) is 0 Å². The van der Waals surface area contributed by atoms with Crippen molar-refractivity contribution in [1.82, 2.24) is 0 Å². The van der Waals surface area contributed by atoms with Crippen molar-refractivity contribution >= 4 is 5.97 Å². The summed E-state index contributed by atoms with van der Waals surface area (Å²) < 4.78 is 9.94. The molecule has 1 rings (SSSR count). The molecule has 9 atom stereocenters. The summed E-state index contributed by atoms with van der Waals surface area (Å²) in [7, 11) is 0. The SMILES string of the molecule is O=C([O-])[C@H](O)[C@@H](O)[C@H](O[C@@H]1O[C@H](CO)[C@H](O)[C@H](O)[C@H]1O)[C@H](O)CO.[Na+]. The van der Waals surface area contributed by atoms with Gasteiger partial charge in [0.05, 0.1) is 19.2 Å². The average Bonchev–Trinajstić information content (AvgIpc) is 2.57. The number of rotatable bonds is 8. The molecule has 0 saturated carbocycles. The zero-order valence-corrected chi connectivity index (χ0v) is 15.3. The summed E-state index contributed by atoms with van der Waals surface area (Å²) in [4.78, 5) is 10.6. The number of aliphatic hydroxyl groups is 8. The van der Waals surface area contributed by atoms with E-state index >= 15 is 0 Å². The average molecular weight is 380 g/mol. The van der Waals surface area contributed by atoms with Crippen LogP contribution in [0.3, 0.4) is 0 Å². The fourth-order valence-electron chi connectivity index (χ4n) is 2.16. The van der Waals surface area contributed by atoms with Gasteiger partial charge >= 0.3 is 29.6 Å². The van der Waals surface area contributed by atoms with Gasteiger partial charge in [0.15, 0.2) is 6.29 Å². The van der Waals surface area contributed by atoms with E-state index in [9.17, 15) is 40.5 Å². The van der Waals surface area contributed by atoms with Crippen LogP contribution in [0.15, 0.2) is 0 Å². The molecule has 1 heterocycles. The zero-order valence-electron chi connectivity index (χ0n) is 13.3. The van der Waals surface area contributed by atoms with Gasteiger partial charge in [-0.2, -0.15) is 0 Å². The Balaban J connectivity index is 0.00000576. The van der Waals surface area contributed by atoms with E-state index in [0.717, 1.165) is 0 Å². The van der Waals surface area contributed by atoms with Crippen LogP contribution in [0.4, 0.5) is 0 Å². The van der Waals surface area contributed by atoms with Crippen molar-refractivity contribution in [2.45, 2.75) is 55.1 Å². The third-order valence-electron chi connectivity index (χ3n) is 3.61. The van der Waals surface area contributed by atoms with Crippen molar-refractivity contribution in [3.8, 4) is 0 Å². The third kappa shape index (κ3) is 6.04. The van der Waals surface area contributed by atoms with E-state index in [-0.39, 0.29) is 29.6 Å². The predicted octanol–water partition coefficient (Wildman–Crippen LogP) is -10.00. The van der Waals surface area contributed by atoms with Crippen molar-refractivity contribution in [2.75, 3.05) is 13.2 Å². The van der Waals surface area contributed by atoms with Crippen LogP contribution in [-0.4, -0.2) is 115 Å². The molecule has 0 bridgehead atoms. The van der Waals surface area contributed by atoms with Crippen molar-refractivity contribution in [3.05, 3.63) is 0 Å². The van der Waals surface area contributed by atoms with E-state index in [0.29, 0.717) is 0 Å². The second-order valence-corrected chi connectivity index (χ2v) is 5.30. The summed E-state index contributed by atoms with van der Waals surface area (Å²) in [6.45, 7) is -1.79. The van der Waals surface area contributed by atoms with Crippen LogP contribution < -0.4 is 34.7 Å². The molecule has 8 N–H and O–H groups in total. The Hall–Kier alpha value is 0.0700. The number of carboxylic acid groups (broad SMARTS) is 1. The van der Waals surface area contributed by atoms with Crippen LogP contribution in [0.25, 0.3) is 0 Å². The molecule has 1 fully saturated rings. The minimum atomic E-state index is -2.50. The maximum atomic E-state index is 10.6. The van der Waals surface area contributed by atoms with E-state index in [1.54, 1.807) is 0 Å². The van der Waals surface area contributed by atoms with Gasteiger partial charge in [-0.15, -0.1) is 0 Å². The molecule has 1 saturated heterocycles. The summed E-state index contributed by atoms with van der Waals surface area (Å²) in [5, 5.41) is 86.3. The van der Waals surface area contributed by atoms with Gasteiger partial charge in [-0.05, 0) is 0 Å². The Labute approximate surface area is 164 Å². The molecular formula is C12H21NaO12. The number of carbonyl (C=O) groups is 1. The summed E-state index contributed by atoms with van der Waals surface area (Å²) in [5.41, 5.74) is 0. The molecule has 0 spiro atoms. The van der Waals surface area contributed by atoms with Crippen LogP contribution in [-0.2, 0) is 14.3 Å². The zero-order chi connectivity index (χ0) is 18.6. The molecule has 0 aromatic rings. The fraction of sp³-hybridized carbons (Fsp3) is 0.917. The van der Waals surface area contributed by atoms with E-state index < -0.39 is 74.3 Å². The number of aliphatic hydroxyl groups excluding tert-OH is 8. The molecular weight excluding hydrogens is 359 g/mol. The van der Waals surface area contributed by atoms with Gasteiger partial charge in [-0.25, -0.2) is 0 Å². The molecule has 0 aromatic heterocycles. The van der Waals surface area contributed by atoms with Gasteiger partial charge in [0.1, 0.15) is 48.8 Å². The molecule has 13 heteroatoms. The first-order valence-corrected chi connectivity index (χ1v) is 6.97. The van der Waals surface area contributed by atoms with Crippen LogP contribution in [0, 0.1) is 0 Å². The number of hydrogen-bond donors (Lipinski definition) is 8. The van der Waals surface area contributed by atoms with Crippen molar-refractivity contribution in [2.24, 2.45) is 0 Å². The summed E-state index contributed by atoms with van der Waals surface area (Å²) in [6, 6.07) is 0. The second kappa shape index (κ2) is 11.0. The Kier molecular flexibility index (Phi) is 11.1. The van der Waals surface area contributed by atoms with Gasteiger partial charge in [-0.3, -0.25) is 0 Å². The van der Waals surface area contributed by atoms with Crippen LogP contribution in [0.5, 0.6) is 0 Å². The molecule has 0 aliphatic carbocycles. The minimum Gasteiger partial charge on any atom is -0.547 e.